The fraction of sp³-hybridized carbons (Fsp3) is 1.00. The minimum absolute atomic E-state index is 0.128. The summed E-state index contributed by atoms with van der Waals surface area (Å²) in [7, 11) is 0. The number of aliphatic hydroxyl groups is 1. The van der Waals surface area contributed by atoms with Crippen molar-refractivity contribution in [2.24, 2.45) is 0 Å². The van der Waals surface area contributed by atoms with Gasteiger partial charge in [0.1, 0.15) is 0 Å². The first-order chi connectivity index (χ1) is 5.31. The Balaban J connectivity index is 3.02. The summed E-state index contributed by atoms with van der Waals surface area (Å²) in [5.74, 6) is 0. The molecular formula is C8H17BrO2. The van der Waals surface area contributed by atoms with Crippen molar-refractivity contribution < 1.29 is 9.84 Å². The van der Waals surface area contributed by atoms with Crippen molar-refractivity contribution >= 4 is 15.9 Å². The van der Waals surface area contributed by atoms with Crippen LogP contribution in [0.1, 0.15) is 26.2 Å². The van der Waals surface area contributed by atoms with E-state index >= 15 is 0 Å². The first-order valence-electron chi connectivity index (χ1n) is 4.09. The van der Waals surface area contributed by atoms with Gasteiger partial charge >= 0.3 is 0 Å². The maximum absolute atomic E-state index is 8.45. The largest absolute Gasteiger partial charge is 0.394 e. The molecule has 0 radical (unpaired) electrons. The summed E-state index contributed by atoms with van der Waals surface area (Å²) in [5, 5.41) is 9.52. The highest BCUT2D eigenvalue weighted by atomic mass is 79.9. The molecule has 0 aromatic carbocycles. The van der Waals surface area contributed by atoms with Gasteiger partial charge in [-0.2, -0.15) is 0 Å². The van der Waals surface area contributed by atoms with Crippen molar-refractivity contribution in [1.29, 1.82) is 0 Å². The second-order valence-corrected chi connectivity index (χ2v) is 3.38. The fourth-order valence-electron chi connectivity index (χ4n) is 0.864. The van der Waals surface area contributed by atoms with E-state index in [1.807, 2.05) is 6.92 Å². The van der Waals surface area contributed by atoms with Crippen LogP contribution in [0, 0.1) is 0 Å². The summed E-state index contributed by atoms with van der Waals surface area (Å²) in [4.78, 5) is 0. The Bertz CT molecular complexity index is 78.5. The normalized spacial score (nSPS) is 13.4. The molecule has 0 heterocycles. The molecule has 0 bridgehead atoms. The monoisotopic (exact) mass is 224 g/mol. The smallest absolute Gasteiger partial charge is 0.0701 e. The first-order valence-corrected chi connectivity index (χ1v) is 5.21. The highest BCUT2D eigenvalue weighted by molar-refractivity contribution is 9.09. The summed E-state index contributed by atoms with van der Waals surface area (Å²) in [6.07, 6.45) is 3.78. The van der Waals surface area contributed by atoms with Gasteiger partial charge in [-0.3, -0.25) is 0 Å². The highest BCUT2D eigenvalue weighted by Crippen LogP contribution is 2.05. The molecule has 3 heteroatoms. The van der Waals surface area contributed by atoms with Gasteiger partial charge in [0.2, 0.25) is 0 Å². The molecule has 0 fully saturated rings. The van der Waals surface area contributed by atoms with Gasteiger partial charge in [-0.25, -0.2) is 0 Å². The molecule has 1 atom stereocenters. The third-order valence-corrected chi connectivity index (χ3v) is 2.05. The number of unbranched alkanes of at least 4 members (excludes halogenated alkanes) is 1. The molecule has 0 rings (SSSR count). The van der Waals surface area contributed by atoms with E-state index in [4.69, 9.17) is 9.84 Å². The lowest BCUT2D eigenvalue weighted by atomic mass is 10.2. The van der Waals surface area contributed by atoms with Crippen LogP contribution < -0.4 is 0 Å². The Kier molecular flexibility index (Phi) is 8.81. The van der Waals surface area contributed by atoms with Crippen molar-refractivity contribution in [3.8, 4) is 0 Å². The summed E-state index contributed by atoms with van der Waals surface area (Å²) >= 11 is 3.37. The van der Waals surface area contributed by atoms with Crippen LogP contribution in [-0.4, -0.2) is 29.8 Å². The molecule has 0 aliphatic carbocycles. The first kappa shape index (κ1) is 11.4. The molecule has 0 saturated heterocycles. The van der Waals surface area contributed by atoms with Crippen LogP contribution >= 0.6 is 15.9 Å². The number of hydrogen-bond donors (Lipinski definition) is 1. The topological polar surface area (TPSA) is 29.5 Å². The van der Waals surface area contributed by atoms with Gasteiger partial charge in [-0.05, 0) is 19.8 Å². The minimum atomic E-state index is 0.128. The van der Waals surface area contributed by atoms with E-state index in [9.17, 15) is 0 Å². The average Bonchev–Trinajstić information content (AvgIpc) is 2.01. The third kappa shape index (κ3) is 8.30. The lowest BCUT2D eigenvalue weighted by molar-refractivity contribution is 0.0337. The van der Waals surface area contributed by atoms with Gasteiger partial charge in [-0.1, -0.05) is 22.4 Å². The maximum Gasteiger partial charge on any atom is 0.0701 e. The van der Waals surface area contributed by atoms with Crippen molar-refractivity contribution in [2.75, 3.05) is 18.5 Å². The van der Waals surface area contributed by atoms with Gasteiger partial charge in [-0.15, -0.1) is 0 Å². The van der Waals surface area contributed by atoms with Crippen LogP contribution in [0.2, 0.25) is 0 Å². The number of aliphatic hydroxyl groups excluding tert-OH is 1. The molecular weight excluding hydrogens is 208 g/mol. The molecule has 11 heavy (non-hydrogen) atoms. The molecule has 0 aliphatic rings. The number of halogens is 1. The van der Waals surface area contributed by atoms with Crippen LogP contribution in [-0.2, 0) is 4.74 Å². The zero-order valence-corrected chi connectivity index (χ0v) is 8.64. The van der Waals surface area contributed by atoms with Crippen molar-refractivity contribution in [3.05, 3.63) is 0 Å². The Hall–Kier alpha value is 0.400. The molecule has 0 saturated carbocycles. The number of rotatable bonds is 7. The molecule has 1 unspecified atom stereocenters. The second-order valence-electron chi connectivity index (χ2n) is 2.59. The molecule has 68 valence electrons. The predicted octanol–water partition coefficient (Wildman–Crippen LogP) is 1.95. The van der Waals surface area contributed by atoms with Crippen LogP contribution in [0.4, 0.5) is 0 Å². The SMILES string of the molecule is CC(CCCCBr)OCCO. The lowest BCUT2D eigenvalue weighted by Gasteiger charge is -2.10. The molecule has 2 nitrogen and oxygen atoms in total. The summed E-state index contributed by atoms with van der Waals surface area (Å²) in [6, 6.07) is 0. The Morgan fingerprint density at radius 2 is 2.18 bits per heavy atom. The Morgan fingerprint density at radius 3 is 2.73 bits per heavy atom. The summed E-state index contributed by atoms with van der Waals surface area (Å²) < 4.78 is 5.27. The number of alkyl halides is 1. The van der Waals surface area contributed by atoms with Crippen LogP contribution in [0.15, 0.2) is 0 Å². The molecule has 0 aromatic rings. The van der Waals surface area contributed by atoms with Crippen molar-refractivity contribution in [3.63, 3.8) is 0 Å². The predicted molar refractivity (Wildman–Crippen MR) is 50.1 cm³/mol. The fourth-order valence-corrected chi connectivity index (χ4v) is 1.26. The Labute approximate surface area is 77.1 Å². The number of hydrogen-bond acceptors (Lipinski definition) is 2. The van der Waals surface area contributed by atoms with Gasteiger partial charge in [0.05, 0.1) is 19.3 Å². The van der Waals surface area contributed by atoms with Gasteiger partial charge in [0.15, 0.2) is 0 Å². The lowest BCUT2D eigenvalue weighted by Crippen LogP contribution is -2.11. The van der Waals surface area contributed by atoms with E-state index in [1.54, 1.807) is 0 Å². The molecule has 0 amide bonds. The number of ether oxygens (including phenoxy) is 1. The quantitative estimate of drug-likeness (QED) is 0.530. The minimum Gasteiger partial charge on any atom is -0.394 e. The average molecular weight is 225 g/mol. The molecule has 0 spiro atoms. The third-order valence-electron chi connectivity index (χ3n) is 1.49. The van der Waals surface area contributed by atoms with E-state index in [0.717, 1.165) is 11.8 Å². The van der Waals surface area contributed by atoms with E-state index in [-0.39, 0.29) is 6.61 Å². The van der Waals surface area contributed by atoms with E-state index in [2.05, 4.69) is 15.9 Å². The second kappa shape index (κ2) is 8.50. The zero-order chi connectivity index (χ0) is 8.53. The summed E-state index contributed by atoms with van der Waals surface area (Å²) in [5.41, 5.74) is 0. The van der Waals surface area contributed by atoms with Gasteiger partial charge < -0.3 is 9.84 Å². The highest BCUT2D eigenvalue weighted by Gasteiger charge is 1.99. The molecule has 0 aliphatic heterocycles. The standard InChI is InChI=1S/C8H17BrO2/c1-8(11-7-6-10)4-2-3-5-9/h8,10H,2-7H2,1H3. The van der Waals surface area contributed by atoms with Crippen LogP contribution in [0.3, 0.4) is 0 Å². The van der Waals surface area contributed by atoms with Crippen molar-refractivity contribution in [1.82, 2.24) is 0 Å². The maximum atomic E-state index is 8.45. The van der Waals surface area contributed by atoms with Crippen LogP contribution in [0.5, 0.6) is 0 Å². The van der Waals surface area contributed by atoms with E-state index in [0.29, 0.717) is 12.7 Å². The van der Waals surface area contributed by atoms with Crippen molar-refractivity contribution in [2.45, 2.75) is 32.3 Å². The Morgan fingerprint density at radius 1 is 1.45 bits per heavy atom. The zero-order valence-electron chi connectivity index (χ0n) is 7.05. The van der Waals surface area contributed by atoms with Gasteiger partial charge in [0, 0.05) is 5.33 Å². The van der Waals surface area contributed by atoms with Gasteiger partial charge in [0.25, 0.3) is 0 Å². The summed E-state index contributed by atoms with van der Waals surface area (Å²) in [6.45, 7) is 2.64. The van der Waals surface area contributed by atoms with E-state index in [1.165, 1.54) is 12.8 Å². The molecule has 0 aromatic heterocycles. The van der Waals surface area contributed by atoms with E-state index < -0.39 is 0 Å². The molecule has 1 N–H and O–H groups in total. The van der Waals surface area contributed by atoms with Crippen LogP contribution in [0.25, 0.3) is 0 Å².